The van der Waals surface area contributed by atoms with Crippen molar-refractivity contribution in [1.29, 1.82) is 0 Å². The van der Waals surface area contributed by atoms with Crippen LogP contribution < -0.4 is 10.2 Å². The van der Waals surface area contributed by atoms with E-state index in [0.29, 0.717) is 11.8 Å². The molecule has 3 aliphatic rings. The first-order valence-electron chi connectivity index (χ1n) is 10.8. The Hall–Kier alpha value is -1.92. The molecule has 1 aromatic rings. The maximum atomic E-state index is 12.6. The highest BCUT2D eigenvalue weighted by molar-refractivity contribution is 7.15. The number of carboxylic acid groups (broad SMARTS) is 1. The number of aliphatic hydroxyl groups is 1. The zero-order chi connectivity index (χ0) is 23.3. The molecule has 1 aromatic heterocycles. The van der Waals surface area contributed by atoms with Gasteiger partial charge in [0.15, 0.2) is 5.13 Å². The van der Waals surface area contributed by atoms with Gasteiger partial charge in [-0.05, 0) is 18.8 Å². The predicted molar refractivity (Wildman–Crippen MR) is 113 cm³/mol. The summed E-state index contributed by atoms with van der Waals surface area (Å²) in [5, 5.41) is 20.9. The summed E-state index contributed by atoms with van der Waals surface area (Å²) < 4.78 is 31.7. The Kier molecular flexibility index (Phi) is 8.34. The second-order valence-electron chi connectivity index (χ2n) is 8.37. The lowest BCUT2D eigenvalue weighted by atomic mass is 10.0. The van der Waals surface area contributed by atoms with Crippen LogP contribution in [0.25, 0.3) is 0 Å². The number of rotatable bonds is 4. The van der Waals surface area contributed by atoms with Gasteiger partial charge in [-0.2, -0.15) is 13.2 Å². The Bertz CT molecular complexity index is 798. The number of hydrogen-bond acceptors (Lipinski definition) is 7. The average Bonchev–Trinajstić information content (AvgIpc) is 3.42. The summed E-state index contributed by atoms with van der Waals surface area (Å²) in [4.78, 5) is 31.9. The van der Waals surface area contributed by atoms with E-state index in [1.54, 1.807) is 11.3 Å². The Labute approximate surface area is 188 Å². The van der Waals surface area contributed by atoms with Gasteiger partial charge in [-0.25, -0.2) is 9.78 Å². The highest BCUT2D eigenvalue weighted by Crippen LogP contribution is 2.33. The number of carbonyl (C=O) groups excluding carboxylic acids is 1. The molecule has 0 spiro atoms. The molecule has 1 saturated carbocycles. The maximum absolute atomic E-state index is 12.6. The number of aliphatic carboxylic acids is 1. The Morgan fingerprint density at radius 1 is 1.22 bits per heavy atom. The lowest BCUT2D eigenvalue weighted by Gasteiger charge is -2.32. The van der Waals surface area contributed by atoms with Crippen molar-refractivity contribution in [3.63, 3.8) is 0 Å². The minimum Gasteiger partial charge on any atom is -0.475 e. The van der Waals surface area contributed by atoms with Crippen molar-refractivity contribution in [1.82, 2.24) is 15.2 Å². The minimum atomic E-state index is -5.08. The van der Waals surface area contributed by atoms with Crippen LogP contribution in [0, 0.1) is 5.92 Å². The number of carbonyl (C=O) groups is 2. The van der Waals surface area contributed by atoms with E-state index in [1.165, 1.54) is 36.3 Å². The molecule has 3 N–H and O–H groups in total. The van der Waals surface area contributed by atoms with E-state index in [2.05, 4.69) is 10.2 Å². The summed E-state index contributed by atoms with van der Waals surface area (Å²) in [5.41, 5.74) is 1.17. The van der Waals surface area contributed by atoms with Crippen LogP contribution in [0.2, 0.25) is 0 Å². The zero-order valence-corrected chi connectivity index (χ0v) is 18.6. The maximum Gasteiger partial charge on any atom is 0.490 e. The quantitative estimate of drug-likeness (QED) is 0.608. The van der Waals surface area contributed by atoms with Crippen LogP contribution in [-0.4, -0.2) is 77.0 Å². The normalized spacial score (nSPS) is 21.7. The van der Waals surface area contributed by atoms with E-state index in [1.807, 2.05) is 4.90 Å². The molecule has 1 atom stereocenters. The largest absolute Gasteiger partial charge is 0.490 e. The zero-order valence-electron chi connectivity index (χ0n) is 17.7. The Morgan fingerprint density at radius 2 is 1.91 bits per heavy atom. The third-order valence-corrected chi connectivity index (χ3v) is 7.14. The molecule has 0 unspecified atom stereocenters. The van der Waals surface area contributed by atoms with Gasteiger partial charge in [0.1, 0.15) is 0 Å². The first-order valence-corrected chi connectivity index (χ1v) is 11.6. The molecule has 2 fully saturated rings. The molecule has 3 heterocycles. The third-order valence-electron chi connectivity index (χ3n) is 6.00. The Morgan fingerprint density at radius 3 is 2.53 bits per heavy atom. The van der Waals surface area contributed by atoms with Crippen LogP contribution in [0.15, 0.2) is 0 Å². The number of aromatic nitrogens is 1. The van der Waals surface area contributed by atoms with Crippen molar-refractivity contribution < 1.29 is 33.0 Å². The summed E-state index contributed by atoms with van der Waals surface area (Å²) in [6.45, 7) is 4.30. The van der Waals surface area contributed by atoms with Gasteiger partial charge in [-0.1, -0.05) is 24.2 Å². The number of halogens is 3. The molecule has 0 radical (unpaired) electrons. The molecule has 12 heteroatoms. The summed E-state index contributed by atoms with van der Waals surface area (Å²) >= 11 is 1.73. The fourth-order valence-corrected chi connectivity index (χ4v) is 5.40. The van der Waals surface area contributed by atoms with Crippen molar-refractivity contribution in [3.8, 4) is 0 Å². The number of piperazine rings is 1. The summed E-state index contributed by atoms with van der Waals surface area (Å²) in [7, 11) is 0. The van der Waals surface area contributed by atoms with E-state index in [4.69, 9.17) is 14.9 Å². The van der Waals surface area contributed by atoms with Gasteiger partial charge in [-0.3, -0.25) is 4.79 Å². The van der Waals surface area contributed by atoms with E-state index >= 15 is 0 Å². The smallest absolute Gasteiger partial charge is 0.475 e. The van der Waals surface area contributed by atoms with E-state index in [0.717, 1.165) is 50.7 Å². The van der Waals surface area contributed by atoms with Crippen LogP contribution in [-0.2, 0) is 22.6 Å². The number of aliphatic hydroxyl groups excluding tert-OH is 1. The lowest BCUT2D eigenvalue weighted by molar-refractivity contribution is -0.192. The van der Waals surface area contributed by atoms with E-state index in [-0.39, 0.29) is 12.6 Å². The number of alkyl halides is 3. The highest BCUT2D eigenvalue weighted by atomic mass is 32.1. The van der Waals surface area contributed by atoms with Crippen LogP contribution >= 0.6 is 11.3 Å². The van der Waals surface area contributed by atoms with Crippen LogP contribution in [0.3, 0.4) is 0 Å². The lowest BCUT2D eigenvalue weighted by Crippen LogP contribution is -2.52. The van der Waals surface area contributed by atoms with Crippen molar-refractivity contribution in [3.05, 3.63) is 10.6 Å². The topological polar surface area (TPSA) is 106 Å². The number of fused-ring (bicyclic) bond motifs is 1. The standard InChI is InChI=1S/C18H28N4O2S.C2HF3O2/c23-12-14-10-22(8-6-19-14)18-20-15-5-7-21(11-16(15)25-18)17(24)9-13-3-1-2-4-13;3-2(4,5)1(6)7/h13-14,19,23H,1-12H2;(H,6,7)/t14-;/m0./s1. The number of anilines is 1. The van der Waals surface area contributed by atoms with Gasteiger partial charge < -0.3 is 25.3 Å². The SMILES string of the molecule is O=C(CC1CCCC1)N1CCc2nc(N3CCN[C@H](CO)C3)sc2C1.O=C(O)C(F)(F)F. The monoisotopic (exact) mass is 478 g/mol. The van der Waals surface area contributed by atoms with Gasteiger partial charge in [0, 0.05) is 49.9 Å². The summed E-state index contributed by atoms with van der Waals surface area (Å²) in [6, 6.07) is 0.124. The van der Waals surface area contributed by atoms with Crippen LogP contribution in [0.4, 0.5) is 18.3 Å². The molecule has 0 aromatic carbocycles. The van der Waals surface area contributed by atoms with E-state index < -0.39 is 12.1 Å². The molecule has 1 amide bonds. The average molecular weight is 479 g/mol. The first-order chi connectivity index (χ1) is 15.2. The number of nitrogens with one attached hydrogen (secondary N) is 1. The molecule has 32 heavy (non-hydrogen) atoms. The number of thiazole rings is 1. The molecule has 180 valence electrons. The highest BCUT2D eigenvalue weighted by Gasteiger charge is 2.38. The van der Waals surface area contributed by atoms with Gasteiger partial charge in [0.2, 0.25) is 5.91 Å². The molecule has 8 nitrogen and oxygen atoms in total. The molecule has 4 rings (SSSR count). The fraction of sp³-hybridized carbons (Fsp3) is 0.750. The second-order valence-corrected chi connectivity index (χ2v) is 9.43. The molecule has 0 bridgehead atoms. The van der Waals surface area contributed by atoms with Crippen molar-refractivity contribution in [2.75, 3.05) is 37.7 Å². The van der Waals surface area contributed by atoms with Gasteiger partial charge in [0.05, 0.1) is 18.8 Å². The summed E-state index contributed by atoms with van der Waals surface area (Å²) in [5.74, 6) is -1.82. The van der Waals surface area contributed by atoms with Crippen LogP contribution in [0.5, 0.6) is 0 Å². The fourth-order valence-electron chi connectivity index (χ4n) is 4.24. The predicted octanol–water partition coefficient (Wildman–Crippen LogP) is 2.01. The van der Waals surface area contributed by atoms with Crippen molar-refractivity contribution in [2.45, 2.75) is 57.3 Å². The number of amides is 1. The van der Waals surface area contributed by atoms with Crippen molar-refractivity contribution >= 4 is 28.3 Å². The summed E-state index contributed by atoms with van der Waals surface area (Å²) in [6.07, 6.45) is 1.56. The first kappa shape index (κ1) is 24.7. The second kappa shape index (κ2) is 10.8. The molecular formula is C20H29F3N4O4S. The number of hydrogen-bond donors (Lipinski definition) is 3. The molecule has 1 saturated heterocycles. The van der Waals surface area contributed by atoms with Gasteiger partial charge >= 0.3 is 12.1 Å². The molecule has 1 aliphatic carbocycles. The van der Waals surface area contributed by atoms with E-state index in [9.17, 15) is 23.1 Å². The molecular weight excluding hydrogens is 449 g/mol. The number of carboxylic acids is 1. The third kappa shape index (κ3) is 6.55. The van der Waals surface area contributed by atoms with Crippen LogP contribution in [0.1, 0.15) is 42.7 Å². The number of nitrogens with zero attached hydrogens (tertiary/aromatic N) is 3. The Balaban J connectivity index is 0.000000360. The minimum absolute atomic E-state index is 0.124. The van der Waals surface area contributed by atoms with Crippen molar-refractivity contribution in [2.24, 2.45) is 5.92 Å². The van der Waals surface area contributed by atoms with Gasteiger partial charge in [-0.15, -0.1) is 0 Å². The molecule has 2 aliphatic heterocycles. The van der Waals surface area contributed by atoms with Gasteiger partial charge in [0.25, 0.3) is 0 Å².